The van der Waals surface area contributed by atoms with Gasteiger partial charge in [-0.15, -0.1) is 0 Å². The molecule has 0 atom stereocenters. The van der Waals surface area contributed by atoms with Gasteiger partial charge in [0.25, 0.3) is 5.91 Å². The molecule has 0 aliphatic carbocycles. The fraction of sp³-hybridized carbons (Fsp3) is 0.375. The van der Waals surface area contributed by atoms with Gasteiger partial charge in [0.1, 0.15) is 0 Å². The first kappa shape index (κ1) is 22.0. The predicted molar refractivity (Wildman–Crippen MR) is 98.7 cm³/mol. The van der Waals surface area contributed by atoms with Crippen LogP contribution in [0, 0.1) is 0 Å². The van der Waals surface area contributed by atoms with E-state index in [0.29, 0.717) is 17.2 Å². The number of hydrogen-bond acceptors (Lipinski definition) is 8. The molecule has 11 heteroatoms. The maximum absolute atomic E-state index is 12.3. The van der Waals surface area contributed by atoms with E-state index in [2.05, 4.69) is 20.9 Å². The van der Waals surface area contributed by atoms with Crippen molar-refractivity contribution in [3.8, 4) is 17.2 Å². The number of thiocarbonyl (C=S) groups is 1. The van der Waals surface area contributed by atoms with Crippen molar-refractivity contribution in [1.82, 2.24) is 16.2 Å². The second-order valence-corrected chi connectivity index (χ2v) is 5.35. The molecule has 1 rings (SSSR count). The van der Waals surface area contributed by atoms with Crippen LogP contribution in [0.15, 0.2) is 12.1 Å². The van der Waals surface area contributed by atoms with Crippen LogP contribution >= 0.6 is 12.2 Å². The summed E-state index contributed by atoms with van der Waals surface area (Å²) in [5.74, 6) is -0.612. The highest BCUT2D eigenvalue weighted by Crippen LogP contribution is 2.38. The highest BCUT2D eigenvalue weighted by Gasteiger charge is 2.17. The molecule has 148 valence electrons. The number of carbonyl (C=O) groups is 3. The molecule has 10 nitrogen and oxygen atoms in total. The van der Waals surface area contributed by atoms with E-state index in [4.69, 9.17) is 26.4 Å². The molecule has 0 bridgehead atoms. The Morgan fingerprint density at radius 2 is 1.52 bits per heavy atom. The minimum Gasteiger partial charge on any atom is -0.493 e. The average molecular weight is 399 g/mol. The standard InChI is InChI=1S/C16H21N3O7S/c1-23-10-7-9(8-11(24-2)14(10)26-4)15(22)18-19-16(27)17-12(20)5-6-13(21)25-3/h7-8H,5-6H2,1-4H3,(H,18,22)(H2,17,19,20,27). The summed E-state index contributed by atoms with van der Waals surface area (Å²) in [6.45, 7) is 0. The number of rotatable bonds is 7. The SMILES string of the molecule is COC(=O)CCC(=O)NC(=S)NNC(=O)c1cc(OC)c(OC)c(OC)c1. The van der Waals surface area contributed by atoms with Crippen LogP contribution in [0.2, 0.25) is 0 Å². The number of esters is 1. The van der Waals surface area contributed by atoms with Gasteiger partial charge in [-0.3, -0.25) is 25.2 Å². The lowest BCUT2D eigenvalue weighted by molar-refractivity contribution is -0.142. The second-order valence-electron chi connectivity index (χ2n) is 4.95. The highest BCUT2D eigenvalue weighted by atomic mass is 32.1. The quantitative estimate of drug-likeness (QED) is 0.337. The Hall–Kier alpha value is -3.08. The number of hydrazine groups is 1. The Bertz CT molecular complexity index is 699. The Balaban J connectivity index is 2.65. The molecule has 0 radical (unpaired) electrons. The first-order valence-electron chi connectivity index (χ1n) is 7.63. The predicted octanol–water partition coefficient (Wildman–Crippen LogP) is 0.301. The van der Waals surface area contributed by atoms with Crippen molar-refractivity contribution in [3.05, 3.63) is 17.7 Å². The maximum atomic E-state index is 12.3. The number of ether oxygens (including phenoxy) is 4. The van der Waals surface area contributed by atoms with Gasteiger partial charge in [0, 0.05) is 12.0 Å². The van der Waals surface area contributed by atoms with E-state index in [1.54, 1.807) is 0 Å². The van der Waals surface area contributed by atoms with Crippen molar-refractivity contribution in [2.75, 3.05) is 28.4 Å². The fourth-order valence-electron chi connectivity index (χ4n) is 1.94. The smallest absolute Gasteiger partial charge is 0.306 e. The number of amides is 2. The molecule has 0 fully saturated rings. The summed E-state index contributed by atoms with van der Waals surface area (Å²) in [7, 11) is 5.53. The van der Waals surface area contributed by atoms with Gasteiger partial charge >= 0.3 is 5.97 Å². The number of carbonyl (C=O) groups excluding carboxylic acids is 3. The second kappa shape index (κ2) is 10.8. The van der Waals surface area contributed by atoms with Gasteiger partial charge in [-0.2, -0.15) is 0 Å². The van der Waals surface area contributed by atoms with Crippen LogP contribution in [0.3, 0.4) is 0 Å². The van der Waals surface area contributed by atoms with Crippen molar-refractivity contribution in [2.24, 2.45) is 0 Å². The van der Waals surface area contributed by atoms with Crippen LogP contribution < -0.4 is 30.4 Å². The molecule has 3 N–H and O–H groups in total. The number of nitrogens with one attached hydrogen (secondary N) is 3. The number of benzene rings is 1. The molecular formula is C16H21N3O7S. The first-order chi connectivity index (χ1) is 12.9. The van der Waals surface area contributed by atoms with E-state index < -0.39 is 17.8 Å². The molecule has 2 amide bonds. The molecule has 0 heterocycles. The van der Waals surface area contributed by atoms with Crippen LogP contribution in [0.25, 0.3) is 0 Å². The monoisotopic (exact) mass is 399 g/mol. The molecule has 0 aliphatic heterocycles. The van der Waals surface area contributed by atoms with Crippen LogP contribution in [-0.2, 0) is 14.3 Å². The van der Waals surface area contributed by atoms with Gasteiger partial charge in [0.15, 0.2) is 16.6 Å². The molecular weight excluding hydrogens is 378 g/mol. The Kier molecular flexibility index (Phi) is 8.79. The third-order valence-electron chi connectivity index (χ3n) is 3.25. The van der Waals surface area contributed by atoms with Crippen molar-refractivity contribution in [1.29, 1.82) is 0 Å². The number of methoxy groups -OCH3 is 4. The van der Waals surface area contributed by atoms with E-state index in [-0.39, 0.29) is 23.5 Å². The topological polar surface area (TPSA) is 124 Å². The van der Waals surface area contributed by atoms with Gasteiger partial charge < -0.3 is 24.3 Å². The third kappa shape index (κ3) is 6.62. The molecule has 0 aliphatic rings. The molecule has 0 aromatic heterocycles. The van der Waals surface area contributed by atoms with E-state index in [1.807, 2.05) is 0 Å². The normalized spacial score (nSPS) is 9.63. The average Bonchev–Trinajstić information content (AvgIpc) is 2.68. The van der Waals surface area contributed by atoms with Gasteiger partial charge in [-0.25, -0.2) is 0 Å². The minimum atomic E-state index is -0.555. The lowest BCUT2D eigenvalue weighted by Gasteiger charge is -2.15. The lowest BCUT2D eigenvalue weighted by Crippen LogP contribution is -2.48. The summed E-state index contributed by atoms with van der Waals surface area (Å²) in [5.41, 5.74) is 4.93. The summed E-state index contributed by atoms with van der Waals surface area (Å²) in [4.78, 5) is 34.9. The molecule has 1 aromatic carbocycles. The largest absolute Gasteiger partial charge is 0.493 e. The first-order valence-corrected chi connectivity index (χ1v) is 8.04. The van der Waals surface area contributed by atoms with Gasteiger partial charge in [0.05, 0.1) is 34.9 Å². The lowest BCUT2D eigenvalue weighted by atomic mass is 10.1. The van der Waals surface area contributed by atoms with E-state index in [0.717, 1.165) is 0 Å². The molecule has 0 unspecified atom stereocenters. The van der Waals surface area contributed by atoms with E-state index >= 15 is 0 Å². The van der Waals surface area contributed by atoms with Crippen LogP contribution in [0.4, 0.5) is 0 Å². The third-order valence-corrected chi connectivity index (χ3v) is 3.46. The molecule has 0 saturated carbocycles. The summed E-state index contributed by atoms with van der Waals surface area (Å²) in [5, 5.41) is 2.19. The zero-order valence-corrected chi connectivity index (χ0v) is 16.2. The van der Waals surface area contributed by atoms with E-state index in [9.17, 15) is 14.4 Å². The summed E-state index contributed by atoms with van der Waals surface area (Å²) >= 11 is 4.90. The summed E-state index contributed by atoms with van der Waals surface area (Å²) in [6, 6.07) is 2.91. The minimum absolute atomic E-state index is 0.0806. The molecule has 0 spiro atoms. The van der Waals surface area contributed by atoms with Gasteiger partial charge in [0.2, 0.25) is 11.7 Å². The fourth-order valence-corrected chi connectivity index (χ4v) is 2.10. The van der Waals surface area contributed by atoms with Gasteiger partial charge in [-0.05, 0) is 24.4 Å². The highest BCUT2D eigenvalue weighted by molar-refractivity contribution is 7.80. The zero-order valence-electron chi connectivity index (χ0n) is 15.3. The Labute approximate surface area is 161 Å². The Morgan fingerprint density at radius 3 is 2.00 bits per heavy atom. The van der Waals surface area contributed by atoms with Crippen molar-refractivity contribution < 1.29 is 33.3 Å². The molecule has 1 aromatic rings. The molecule has 0 saturated heterocycles. The summed E-state index contributed by atoms with van der Waals surface area (Å²) < 4.78 is 20.0. The molecule has 27 heavy (non-hydrogen) atoms. The van der Waals surface area contributed by atoms with Crippen LogP contribution in [0.5, 0.6) is 17.2 Å². The van der Waals surface area contributed by atoms with Crippen molar-refractivity contribution in [3.63, 3.8) is 0 Å². The van der Waals surface area contributed by atoms with Gasteiger partial charge in [-0.1, -0.05) is 0 Å². The Morgan fingerprint density at radius 1 is 0.926 bits per heavy atom. The van der Waals surface area contributed by atoms with Crippen LogP contribution in [0.1, 0.15) is 23.2 Å². The number of hydrogen-bond donors (Lipinski definition) is 3. The van der Waals surface area contributed by atoms with E-state index in [1.165, 1.54) is 40.6 Å². The maximum Gasteiger partial charge on any atom is 0.306 e. The zero-order chi connectivity index (χ0) is 20.4. The summed E-state index contributed by atoms with van der Waals surface area (Å²) in [6.07, 6.45) is -0.182. The van der Waals surface area contributed by atoms with Crippen molar-refractivity contribution >= 4 is 35.1 Å². The van der Waals surface area contributed by atoms with Crippen LogP contribution in [-0.4, -0.2) is 51.3 Å². The van der Waals surface area contributed by atoms with Crippen molar-refractivity contribution in [2.45, 2.75) is 12.8 Å².